The number of carbonyl (C=O) groups excluding carboxylic acids is 1. The quantitative estimate of drug-likeness (QED) is 0.859. The number of nitrogens with zero attached hydrogens (tertiary/aromatic N) is 2. The maximum atomic E-state index is 12.6. The van der Waals surface area contributed by atoms with Crippen LogP contribution in [0.25, 0.3) is 0 Å². The van der Waals surface area contributed by atoms with Crippen LogP contribution in [0.3, 0.4) is 0 Å². The molecule has 4 nitrogen and oxygen atoms in total. The van der Waals surface area contributed by atoms with Gasteiger partial charge in [0.15, 0.2) is 0 Å². The molecule has 0 spiro atoms. The van der Waals surface area contributed by atoms with Crippen LogP contribution in [0.5, 0.6) is 0 Å². The third-order valence-corrected chi connectivity index (χ3v) is 3.43. The van der Waals surface area contributed by atoms with Gasteiger partial charge in [-0.2, -0.15) is 13.2 Å². The number of thiazole rings is 1. The Hall–Kier alpha value is -1.15. The lowest BCUT2D eigenvalue weighted by Gasteiger charge is -2.34. The summed E-state index contributed by atoms with van der Waals surface area (Å²) < 4.78 is 43.0. The predicted molar refractivity (Wildman–Crippen MR) is 63.0 cm³/mol. The fourth-order valence-corrected chi connectivity index (χ4v) is 2.52. The first-order valence-electron chi connectivity index (χ1n) is 5.81. The van der Waals surface area contributed by atoms with E-state index in [-0.39, 0.29) is 12.3 Å². The van der Waals surface area contributed by atoms with Gasteiger partial charge in [0, 0.05) is 12.0 Å². The van der Waals surface area contributed by atoms with Gasteiger partial charge in [-0.1, -0.05) is 0 Å². The van der Waals surface area contributed by atoms with Crippen LogP contribution >= 0.6 is 11.3 Å². The number of alkyl halides is 3. The van der Waals surface area contributed by atoms with Crippen LogP contribution in [0, 0.1) is 0 Å². The fraction of sp³-hybridized carbons (Fsp3) is 0.636. The molecule has 2 rings (SSSR count). The van der Waals surface area contributed by atoms with Crippen molar-refractivity contribution in [3.05, 3.63) is 16.6 Å². The maximum absolute atomic E-state index is 12.6. The molecule has 1 aliphatic heterocycles. The largest absolute Gasteiger partial charge is 0.406 e. The number of aromatic nitrogens is 1. The van der Waals surface area contributed by atoms with Crippen LogP contribution in [0.1, 0.15) is 23.3 Å². The lowest BCUT2D eigenvalue weighted by Crippen LogP contribution is -2.49. The summed E-state index contributed by atoms with van der Waals surface area (Å²) in [6.45, 7) is -0.593. The molecule has 1 aromatic rings. The van der Waals surface area contributed by atoms with Gasteiger partial charge >= 0.3 is 6.18 Å². The van der Waals surface area contributed by atoms with Crippen LogP contribution in [-0.4, -0.2) is 47.8 Å². The molecular formula is C11H13F3N2O2S. The molecule has 0 bridgehead atoms. The molecule has 1 fully saturated rings. The lowest BCUT2D eigenvalue weighted by molar-refractivity contribution is -0.148. The van der Waals surface area contributed by atoms with E-state index >= 15 is 0 Å². The van der Waals surface area contributed by atoms with E-state index in [2.05, 4.69) is 4.98 Å². The highest BCUT2D eigenvalue weighted by molar-refractivity contribution is 7.07. The number of rotatable bonds is 3. The first-order chi connectivity index (χ1) is 8.97. The summed E-state index contributed by atoms with van der Waals surface area (Å²) in [5.74, 6) is -0.686. The number of hydrogen-bond acceptors (Lipinski definition) is 4. The van der Waals surface area contributed by atoms with Gasteiger partial charge in [-0.15, -0.1) is 11.3 Å². The molecule has 1 aliphatic rings. The summed E-state index contributed by atoms with van der Waals surface area (Å²) in [4.78, 5) is 16.7. The van der Waals surface area contributed by atoms with Crippen molar-refractivity contribution < 1.29 is 22.7 Å². The van der Waals surface area contributed by atoms with Crippen molar-refractivity contribution in [2.75, 3.05) is 19.8 Å². The highest BCUT2D eigenvalue weighted by Gasteiger charge is 2.38. The molecule has 2 heterocycles. The molecule has 1 atom stereocenters. The van der Waals surface area contributed by atoms with E-state index in [0.717, 1.165) is 4.90 Å². The molecule has 0 N–H and O–H groups in total. The molecule has 1 amide bonds. The standard InChI is InChI=1S/C11H13F3N2O2S/c12-11(13,14)6-16(8-2-1-3-18-4-8)10(17)9-5-19-7-15-9/h5,7-8H,1-4,6H2/t8-/m1/s1. The minimum atomic E-state index is -4.43. The summed E-state index contributed by atoms with van der Waals surface area (Å²) in [6.07, 6.45) is -3.25. The van der Waals surface area contributed by atoms with Crippen LogP contribution < -0.4 is 0 Å². The second-order valence-electron chi connectivity index (χ2n) is 4.29. The normalized spacial score (nSPS) is 20.3. The first kappa shape index (κ1) is 14.3. The molecule has 0 radical (unpaired) electrons. The Labute approximate surface area is 112 Å². The van der Waals surface area contributed by atoms with Gasteiger partial charge in [0.05, 0.1) is 18.2 Å². The van der Waals surface area contributed by atoms with Gasteiger partial charge in [-0.25, -0.2) is 4.98 Å². The molecule has 0 aromatic carbocycles. The lowest BCUT2D eigenvalue weighted by atomic mass is 10.1. The van der Waals surface area contributed by atoms with Crippen molar-refractivity contribution in [1.29, 1.82) is 0 Å². The molecule has 1 saturated heterocycles. The topological polar surface area (TPSA) is 42.4 Å². The van der Waals surface area contributed by atoms with Crippen molar-refractivity contribution in [2.24, 2.45) is 0 Å². The van der Waals surface area contributed by atoms with Gasteiger partial charge in [0.25, 0.3) is 5.91 Å². The van der Waals surface area contributed by atoms with Crippen molar-refractivity contribution in [3.8, 4) is 0 Å². The van der Waals surface area contributed by atoms with E-state index in [9.17, 15) is 18.0 Å². The van der Waals surface area contributed by atoms with E-state index in [0.29, 0.717) is 19.4 Å². The smallest absolute Gasteiger partial charge is 0.379 e. The summed E-state index contributed by atoms with van der Waals surface area (Å²) >= 11 is 1.18. The van der Waals surface area contributed by atoms with Crippen LogP contribution in [0.15, 0.2) is 10.9 Å². The third kappa shape index (κ3) is 3.90. The summed E-state index contributed by atoms with van der Waals surface area (Å²) in [6, 6.07) is -0.537. The van der Waals surface area contributed by atoms with Crippen molar-refractivity contribution in [1.82, 2.24) is 9.88 Å². The minimum Gasteiger partial charge on any atom is -0.379 e. The SMILES string of the molecule is O=C(c1cscn1)N(CC(F)(F)F)[C@@H]1CCCOC1. The Morgan fingerprint density at radius 2 is 2.37 bits per heavy atom. The Kier molecular flexibility index (Phi) is 4.41. The van der Waals surface area contributed by atoms with Gasteiger partial charge < -0.3 is 9.64 Å². The van der Waals surface area contributed by atoms with E-state index in [1.807, 2.05) is 0 Å². The Morgan fingerprint density at radius 1 is 1.58 bits per heavy atom. The average Bonchev–Trinajstić information content (AvgIpc) is 2.89. The molecule has 8 heteroatoms. The van der Waals surface area contributed by atoms with Gasteiger partial charge in [0.1, 0.15) is 12.2 Å². The highest BCUT2D eigenvalue weighted by Crippen LogP contribution is 2.23. The van der Waals surface area contributed by atoms with E-state index in [4.69, 9.17) is 4.74 Å². The predicted octanol–water partition coefficient (Wildman–Crippen LogP) is 2.33. The van der Waals surface area contributed by atoms with Crippen LogP contribution in [0.2, 0.25) is 0 Å². The Balaban J connectivity index is 2.15. The van der Waals surface area contributed by atoms with E-state index < -0.39 is 24.7 Å². The zero-order valence-corrected chi connectivity index (χ0v) is 10.8. The molecule has 0 unspecified atom stereocenters. The summed E-state index contributed by atoms with van der Waals surface area (Å²) in [5.41, 5.74) is 1.48. The first-order valence-corrected chi connectivity index (χ1v) is 6.75. The van der Waals surface area contributed by atoms with Gasteiger partial charge in [-0.3, -0.25) is 4.79 Å². The Morgan fingerprint density at radius 3 is 2.89 bits per heavy atom. The molecule has 1 aromatic heterocycles. The second-order valence-corrected chi connectivity index (χ2v) is 5.01. The van der Waals surface area contributed by atoms with E-state index in [1.165, 1.54) is 22.2 Å². The number of hydrogen-bond donors (Lipinski definition) is 0. The molecule has 0 aliphatic carbocycles. The molecule has 0 saturated carbocycles. The molecular weight excluding hydrogens is 281 g/mol. The maximum Gasteiger partial charge on any atom is 0.406 e. The Bertz CT molecular complexity index is 416. The van der Waals surface area contributed by atoms with Crippen molar-refractivity contribution in [2.45, 2.75) is 25.1 Å². The summed E-state index contributed by atoms with van der Waals surface area (Å²) in [7, 11) is 0. The van der Waals surface area contributed by atoms with E-state index in [1.54, 1.807) is 0 Å². The zero-order chi connectivity index (χ0) is 13.9. The number of ether oxygens (including phenoxy) is 1. The highest BCUT2D eigenvalue weighted by atomic mass is 32.1. The number of halogens is 3. The number of carbonyl (C=O) groups is 1. The van der Waals surface area contributed by atoms with Gasteiger partial charge in [0.2, 0.25) is 0 Å². The van der Waals surface area contributed by atoms with Crippen molar-refractivity contribution >= 4 is 17.2 Å². The summed E-state index contributed by atoms with van der Waals surface area (Å²) in [5, 5.41) is 1.45. The molecule has 106 valence electrons. The monoisotopic (exact) mass is 294 g/mol. The van der Waals surface area contributed by atoms with Crippen molar-refractivity contribution in [3.63, 3.8) is 0 Å². The van der Waals surface area contributed by atoms with Gasteiger partial charge in [-0.05, 0) is 12.8 Å². The average molecular weight is 294 g/mol. The molecule has 19 heavy (non-hydrogen) atoms. The third-order valence-electron chi connectivity index (χ3n) is 2.84. The fourth-order valence-electron chi connectivity index (χ4n) is 1.99. The van der Waals surface area contributed by atoms with Crippen LogP contribution in [0.4, 0.5) is 13.2 Å². The van der Waals surface area contributed by atoms with Crippen LogP contribution in [-0.2, 0) is 4.74 Å². The second kappa shape index (κ2) is 5.87. The zero-order valence-electron chi connectivity index (χ0n) is 10.0. The number of amides is 1. The minimum absolute atomic E-state index is 0.0554.